The van der Waals surface area contributed by atoms with Crippen LogP contribution in [0.25, 0.3) is 0 Å². The number of thiophene rings is 1. The fraction of sp³-hybridized carbons (Fsp3) is 0.600. The molecule has 2 unspecified atom stereocenters. The van der Waals surface area contributed by atoms with Crippen LogP contribution in [0, 0.1) is 5.92 Å². The standard InChI is InChI=1S/C15H21NO4S/c1-3-5-12-9(4-2)6-13(21-12)14(17)16-11-8-20-7-10(11)15(18)19/h6,10-11H,3-5,7-8H2,1-2H3,(H,16,17)(H,18,19). The van der Waals surface area contributed by atoms with Crippen molar-refractivity contribution in [3.63, 3.8) is 0 Å². The molecule has 5 nitrogen and oxygen atoms in total. The van der Waals surface area contributed by atoms with E-state index in [2.05, 4.69) is 19.2 Å². The highest BCUT2D eigenvalue weighted by Crippen LogP contribution is 2.25. The Morgan fingerprint density at radius 2 is 2.19 bits per heavy atom. The van der Waals surface area contributed by atoms with Gasteiger partial charge in [-0.05, 0) is 24.5 Å². The third-order valence-electron chi connectivity index (χ3n) is 3.69. The van der Waals surface area contributed by atoms with Crippen LogP contribution in [-0.2, 0) is 22.4 Å². The summed E-state index contributed by atoms with van der Waals surface area (Å²) in [5, 5.41) is 11.9. The number of hydrogen-bond acceptors (Lipinski definition) is 4. The minimum absolute atomic E-state index is 0.159. The van der Waals surface area contributed by atoms with Crippen LogP contribution in [0.4, 0.5) is 0 Å². The van der Waals surface area contributed by atoms with Crippen LogP contribution in [0.1, 0.15) is 40.4 Å². The highest BCUT2D eigenvalue weighted by molar-refractivity contribution is 7.14. The summed E-state index contributed by atoms with van der Waals surface area (Å²) in [4.78, 5) is 25.3. The molecule has 1 aromatic rings. The third-order valence-corrected chi connectivity index (χ3v) is 4.93. The normalized spacial score (nSPS) is 21.4. The first-order valence-corrected chi connectivity index (χ1v) is 8.11. The SMILES string of the molecule is CCCc1sc(C(=O)NC2COCC2C(=O)O)cc1CC. The average molecular weight is 311 g/mol. The summed E-state index contributed by atoms with van der Waals surface area (Å²) >= 11 is 1.51. The maximum Gasteiger partial charge on any atom is 0.311 e. The van der Waals surface area contributed by atoms with E-state index < -0.39 is 17.9 Å². The molecule has 2 N–H and O–H groups in total. The molecular weight excluding hydrogens is 290 g/mol. The molecule has 0 aliphatic carbocycles. The lowest BCUT2D eigenvalue weighted by molar-refractivity contribution is -0.142. The van der Waals surface area contributed by atoms with Crippen LogP contribution in [0.15, 0.2) is 6.07 Å². The van der Waals surface area contributed by atoms with Crippen molar-refractivity contribution in [3.8, 4) is 0 Å². The number of carboxylic acid groups (broad SMARTS) is 1. The van der Waals surface area contributed by atoms with E-state index in [1.807, 2.05) is 6.07 Å². The fourth-order valence-corrected chi connectivity index (χ4v) is 3.75. The summed E-state index contributed by atoms with van der Waals surface area (Å²) in [7, 11) is 0. The van der Waals surface area contributed by atoms with Gasteiger partial charge in [-0.25, -0.2) is 0 Å². The lowest BCUT2D eigenvalue weighted by Gasteiger charge is -2.14. The van der Waals surface area contributed by atoms with E-state index in [-0.39, 0.29) is 19.1 Å². The number of rotatable bonds is 6. The van der Waals surface area contributed by atoms with Crippen LogP contribution in [0.5, 0.6) is 0 Å². The molecule has 0 radical (unpaired) electrons. The Morgan fingerprint density at radius 3 is 2.81 bits per heavy atom. The number of amides is 1. The summed E-state index contributed by atoms with van der Waals surface area (Å²) in [6.45, 7) is 4.61. The molecule has 2 heterocycles. The Kier molecular flexibility index (Phi) is 5.36. The predicted octanol–water partition coefficient (Wildman–Crippen LogP) is 2.09. The largest absolute Gasteiger partial charge is 0.481 e. The molecular formula is C15H21NO4S. The lowest BCUT2D eigenvalue weighted by atomic mass is 10.0. The molecule has 0 bridgehead atoms. The minimum atomic E-state index is -0.926. The maximum atomic E-state index is 12.3. The van der Waals surface area contributed by atoms with E-state index in [0.29, 0.717) is 4.88 Å². The number of carbonyl (C=O) groups excluding carboxylic acids is 1. The molecule has 21 heavy (non-hydrogen) atoms. The van der Waals surface area contributed by atoms with Crippen molar-refractivity contribution >= 4 is 23.2 Å². The van der Waals surface area contributed by atoms with Crippen molar-refractivity contribution in [3.05, 3.63) is 21.4 Å². The Labute approximate surface area is 128 Å². The zero-order chi connectivity index (χ0) is 15.4. The first-order chi connectivity index (χ1) is 10.1. The molecule has 6 heteroatoms. The molecule has 2 rings (SSSR count). The number of aliphatic carboxylic acids is 1. The van der Waals surface area contributed by atoms with E-state index in [9.17, 15) is 9.59 Å². The highest BCUT2D eigenvalue weighted by Gasteiger charge is 2.35. The number of ether oxygens (including phenoxy) is 1. The third kappa shape index (κ3) is 3.63. The summed E-state index contributed by atoms with van der Waals surface area (Å²) < 4.78 is 5.16. The van der Waals surface area contributed by atoms with Gasteiger partial charge in [0.1, 0.15) is 5.92 Å². The Balaban J connectivity index is 2.08. The first kappa shape index (κ1) is 16.0. The van der Waals surface area contributed by atoms with Crippen molar-refractivity contribution in [1.82, 2.24) is 5.32 Å². The molecule has 116 valence electrons. The molecule has 1 amide bonds. The summed E-state index contributed by atoms with van der Waals surface area (Å²) in [6.07, 6.45) is 2.93. The Morgan fingerprint density at radius 1 is 1.43 bits per heavy atom. The second-order valence-corrected chi connectivity index (χ2v) is 6.36. The highest BCUT2D eigenvalue weighted by atomic mass is 32.1. The van der Waals surface area contributed by atoms with Crippen molar-refractivity contribution in [2.75, 3.05) is 13.2 Å². The van der Waals surface area contributed by atoms with Gasteiger partial charge in [-0.15, -0.1) is 11.3 Å². The maximum absolute atomic E-state index is 12.3. The number of carbonyl (C=O) groups is 2. The zero-order valence-electron chi connectivity index (χ0n) is 12.3. The van der Waals surface area contributed by atoms with Crippen LogP contribution < -0.4 is 5.32 Å². The Bertz CT molecular complexity index is 526. The van der Waals surface area contributed by atoms with Gasteiger partial charge in [0.15, 0.2) is 0 Å². The number of hydrogen-bond donors (Lipinski definition) is 2. The van der Waals surface area contributed by atoms with Crippen molar-refractivity contribution < 1.29 is 19.4 Å². The van der Waals surface area contributed by atoms with Gasteiger partial charge in [0.05, 0.1) is 24.1 Å². The minimum Gasteiger partial charge on any atom is -0.481 e. The van der Waals surface area contributed by atoms with Gasteiger partial charge >= 0.3 is 5.97 Å². The van der Waals surface area contributed by atoms with E-state index in [1.165, 1.54) is 21.8 Å². The summed E-state index contributed by atoms with van der Waals surface area (Å²) in [6, 6.07) is 1.48. The predicted molar refractivity (Wildman–Crippen MR) is 80.9 cm³/mol. The molecule has 2 atom stereocenters. The van der Waals surface area contributed by atoms with Crippen molar-refractivity contribution in [2.45, 2.75) is 39.2 Å². The van der Waals surface area contributed by atoms with Gasteiger partial charge < -0.3 is 15.2 Å². The topological polar surface area (TPSA) is 75.6 Å². The van der Waals surface area contributed by atoms with Gasteiger partial charge in [0, 0.05) is 4.88 Å². The first-order valence-electron chi connectivity index (χ1n) is 7.29. The monoisotopic (exact) mass is 311 g/mol. The van der Waals surface area contributed by atoms with Gasteiger partial charge in [0.25, 0.3) is 5.91 Å². The van der Waals surface area contributed by atoms with E-state index in [4.69, 9.17) is 9.84 Å². The van der Waals surface area contributed by atoms with Gasteiger partial charge in [0.2, 0.25) is 0 Å². The fourth-order valence-electron chi connectivity index (χ4n) is 2.50. The van der Waals surface area contributed by atoms with Gasteiger partial charge in [-0.2, -0.15) is 0 Å². The molecule has 1 aliphatic rings. The zero-order valence-corrected chi connectivity index (χ0v) is 13.2. The van der Waals surface area contributed by atoms with Crippen molar-refractivity contribution in [1.29, 1.82) is 0 Å². The second-order valence-electron chi connectivity index (χ2n) is 5.22. The molecule has 0 spiro atoms. The van der Waals surface area contributed by atoms with E-state index in [0.717, 1.165) is 19.3 Å². The summed E-state index contributed by atoms with van der Waals surface area (Å²) in [5.74, 6) is -1.78. The molecule has 1 aromatic heterocycles. The van der Waals surface area contributed by atoms with Crippen molar-refractivity contribution in [2.24, 2.45) is 5.92 Å². The second kappa shape index (κ2) is 7.04. The quantitative estimate of drug-likeness (QED) is 0.843. The molecule has 1 aliphatic heterocycles. The average Bonchev–Trinajstić information content (AvgIpc) is 3.05. The Hall–Kier alpha value is -1.40. The molecule has 0 saturated carbocycles. The van der Waals surface area contributed by atoms with Crippen LogP contribution in [-0.4, -0.2) is 36.2 Å². The smallest absolute Gasteiger partial charge is 0.311 e. The van der Waals surface area contributed by atoms with Gasteiger partial charge in [-0.1, -0.05) is 20.3 Å². The number of carboxylic acids is 1. The molecule has 1 fully saturated rings. The van der Waals surface area contributed by atoms with Crippen LogP contribution in [0.3, 0.4) is 0 Å². The van der Waals surface area contributed by atoms with Gasteiger partial charge in [-0.3, -0.25) is 9.59 Å². The lowest BCUT2D eigenvalue weighted by Crippen LogP contribution is -2.42. The van der Waals surface area contributed by atoms with E-state index >= 15 is 0 Å². The van der Waals surface area contributed by atoms with E-state index in [1.54, 1.807) is 0 Å². The summed E-state index contributed by atoms with van der Waals surface area (Å²) in [5.41, 5.74) is 1.21. The number of aryl methyl sites for hydroxylation is 2. The van der Waals surface area contributed by atoms with Crippen LogP contribution in [0.2, 0.25) is 0 Å². The molecule has 1 saturated heterocycles. The number of nitrogens with one attached hydrogen (secondary N) is 1. The molecule has 0 aromatic carbocycles. The van der Waals surface area contributed by atoms with Crippen LogP contribution >= 0.6 is 11.3 Å².